The quantitative estimate of drug-likeness (QED) is 0.839. The predicted octanol–water partition coefficient (Wildman–Crippen LogP) is 4.46. The molecule has 0 aliphatic carbocycles. The lowest BCUT2D eigenvalue weighted by Crippen LogP contribution is -2.01. The zero-order chi connectivity index (χ0) is 13.1. The number of hydrogen-bond acceptors (Lipinski definition) is 3. The van der Waals surface area contributed by atoms with Gasteiger partial charge in [-0.2, -0.15) is 4.98 Å². The maximum atomic E-state index is 5.78. The number of aromatic nitrogens is 2. The number of hydrogen-bond donors (Lipinski definition) is 0. The molecule has 0 N–H and O–H groups in total. The van der Waals surface area contributed by atoms with Crippen molar-refractivity contribution >= 4 is 15.9 Å². The molecule has 0 amide bonds. The molecule has 1 heterocycles. The summed E-state index contributed by atoms with van der Waals surface area (Å²) >= 11 is 3.45. The SMILES string of the molecule is Cc1cc(Oc2ccccc2Br)nc(C(C)C)n1. The molecular formula is C14H15BrN2O. The summed E-state index contributed by atoms with van der Waals surface area (Å²) in [6, 6.07) is 9.55. The maximum Gasteiger partial charge on any atom is 0.222 e. The number of halogens is 1. The molecule has 0 atom stereocenters. The van der Waals surface area contributed by atoms with Crippen molar-refractivity contribution in [3.05, 3.63) is 46.3 Å². The van der Waals surface area contributed by atoms with Gasteiger partial charge in [0.05, 0.1) is 4.47 Å². The topological polar surface area (TPSA) is 35.0 Å². The lowest BCUT2D eigenvalue weighted by molar-refractivity contribution is 0.453. The van der Waals surface area contributed by atoms with E-state index in [0.717, 1.165) is 21.7 Å². The molecule has 2 aromatic rings. The van der Waals surface area contributed by atoms with Gasteiger partial charge in [0, 0.05) is 17.7 Å². The number of ether oxygens (including phenoxy) is 1. The summed E-state index contributed by atoms with van der Waals surface area (Å²) in [5.41, 5.74) is 0.913. The van der Waals surface area contributed by atoms with E-state index in [2.05, 4.69) is 39.7 Å². The lowest BCUT2D eigenvalue weighted by atomic mass is 10.2. The molecule has 94 valence electrons. The van der Waals surface area contributed by atoms with Crippen LogP contribution in [-0.4, -0.2) is 9.97 Å². The van der Waals surface area contributed by atoms with E-state index in [1.165, 1.54) is 0 Å². The zero-order valence-corrected chi connectivity index (χ0v) is 12.2. The second-order valence-electron chi connectivity index (χ2n) is 4.39. The molecule has 18 heavy (non-hydrogen) atoms. The van der Waals surface area contributed by atoms with Gasteiger partial charge < -0.3 is 4.74 Å². The number of benzene rings is 1. The van der Waals surface area contributed by atoms with Gasteiger partial charge in [-0.05, 0) is 35.0 Å². The minimum Gasteiger partial charge on any atom is -0.438 e. The molecule has 4 heteroatoms. The Morgan fingerprint density at radius 2 is 1.89 bits per heavy atom. The van der Waals surface area contributed by atoms with Gasteiger partial charge in [0.15, 0.2) is 0 Å². The molecule has 3 nitrogen and oxygen atoms in total. The molecule has 0 aliphatic heterocycles. The molecule has 1 aromatic heterocycles. The molecule has 0 saturated carbocycles. The summed E-state index contributed by atoms with van der Waals surface area (Å²) in [5.74, 6) is 2.42. The van der Waals surface area contributed by atoms with E-state index in [-0.39, 0.29) is 5.92 Å². The van der Waals surface area contributed by atoms with Crippen LogP contribution in [0.5, 0.6) is 11.6 Å². The maximum absolute atomic E-state index is 5.78. The number of rotatable bonds is 3. The Labute approximate surface area is 115 Å². The summed E-state index contributed by atoms with van der Waals surface area (Å²) in [5, 5.41) is 0. The third-order valence-electron chi connectivity index (χ3n) is 2.42. The fraction of sp³-hybridized carbons (Fsp3) is 0.286. The molecule has 1 aromatic carbocycles. The largest absolute Gasteiger partial charge is 0.438 e. The standard InChI is InChI=1S/C14H15BrN2O/c1-9(2)14-16-10(3)8-13(17-14)18-12-7-5-4-6-11(12)15/h4-9H,1-3H3. The summed E-state index contributed by atoms with van der Waals surface area (Å²) in [7, 11) is 0. The Morgan fingerprint density at radius 3 is 2.56 bits per heavy atom. The monoisotopic (exact) mass is 306 g/mol. The van der Waals surface area contributed by atoms with Crippen LogP contribution in [0.25, 0.3) is 0 Å². The van der Waals surface area contributed by atoms with Crippen molar-refractivity contribution in [3.8, 4) is 11.6 Å². The molecule has 0 bridgehead atoms. The summed E-state index contributed by atoms with van der Waals surface area (Å²) in [4.78, 5) is 8.81. The average molecular weight is 307 g/mol. The Morgan fingerprint density at radius 1 is 1.17 bits per heavy atom. The highest BCUT2D eigenvalue weighted by Gasteiger charge is 2.08. The van der Waals surface area contributed by atoms with Crippen LogP contribution in [0.1, 0.15) is 31.3 Å². The minimum atomic E-state index is 0.284. The van der Waals surface area contributed by atoms with Crippen molar-refractivity contribution in [2.75, 3.05) is 0 Å². The van der Waals surface area contributed by atoms with Crippen molar-refractivity contribution in [2.45, 2.75) is 26.7 Å². The van der Waals surface area contributed by atoms with Crippen molar-refractivity contribution in [2.24, 2.45) is 0 Å². The molecular weight excluding hydrogens is 292 g/mol. The fourth-order valence-corrected chi connectivity index (χ4v) is 1.88. The van der Waals surface area contributed by atoms with Crippen LogP contribution in [0, 0.1) is 6.92 Å². The van der Waals surface area contributed by atoms with Gasteiger partial charge in [-0.25, -0.2) is 4.98 Å². The molecule has 0 aliphatic rings. The highest BCUT2D eigenvalue weighted by atomic mass is 79.9. The van der Waals surface area contributed by atoms with Crippen LogP contribution in [0.2, 0.25) is 0 Å². The van der Waals surface area contributed by atoms with E-state index in [1.807, 2.05) is 37.3 Å². The van der Waals surface area contributed by atoms with E-state index in [9.17, 15) is 0 Å². The second-order valence-corrected chi connectivity index (χ2v) is 5.25. The van der Waals surface area contributed by atoms with Crippen molar-refractivity contribution in [1.82, 2.24) is 9.97 Å². The van der Waals surface area contributed by atoms with Crippen molar-refractivity contribution in [3.63, 3.8) is 0 Å². The van der Waals surface area contributed by atoms with E-state index >= 15 is 0 Å². The summed E-state index contributed by atoms with van der Waals surface area (Å²) in [6.45, 7) is 6.08. The van der Waals surface area contributed by atoms with Gasteiger partial charge in [0.1, 0.15) is 11.6 Å². The third kappa shape index (κ3) is 3.07. The van der Waals surface area contributed by atoms with Gasteiger partial charge in [0.2, 0.25) is 5.88 Å². The van der Waals surface area contributed by atoms with Gasteiger partial charge >= 0.3 is 0 Å². The summed E-state index contributed by atoms with van der Waals surface area (Å²) < 4.78 is 6.69. The van der Waals surface area contributed by atoms with Crippen LogP contribution >= 0.6 is 15.9 Å². The van der Waals surface area contributed by atoms with Crippen molar-refractivity contribution in [1.29, 1.82) is 0 Å². The Balaban J connectivity index is 2.32. The fourth-order valence-electron chi connectivity index (χ4n) is 1.51. The van der Waals surface area contributed by atoms with E-state index < -0.39 is 0 Å². The first kappa shape index (κ1) is 13.0. The molecule has 0 fully saturated rings. The molecule has 0 unspecified atom stereocenters. The van der Waals surface area contributed by atoms with Gasteiger partial charge in [-0.15, -0.1) is 0 Å². The van der Waals surface area contributed by atoms with Gasteiger partial charge in [0.25, 0.3) is 0 Å². The Bertz CT molecular complexity index is 555. The van der Waals surface area contributed by atoms with E-state index in [0.29, 0.717) is 5.88 Å². The molecule has 0 spiro atoms. The second kappa shape index (κ2) is 5.48. The molecule has 0 radical (unpaired) electrons. The molecule has 2 rings (SSSR count). The van der Waals surface area contributed by atoms with Crippen molar-refractivity contribution < 1.29 is 4.74 Å². The Hall–Kier alpha value is -1.42. The predicted molar refractivity (Wildman–Crippen MR) is 75.1 cm³/mol. The highest BCUT2D eigenvalue weighted by Crippen LogP contribution is 2.28. The lowest BCUT2D eigenvalue weighted by Gasteiger charge is -2.10. The number of nitrogens with zero attached hydrogens (tertiary/aromatic N) is 2. The summed E-state index contributed by atoms with van der Waals surface area (Å²) in [6.07, 6.45) is 0. The van der Waals surface area contributed by atoms with Gasteiger partial charge in [-0.3, -0.25) is 0 Å². The van der Waals surface area contributed by atoms with Crippen LogP contribution in [0.3, 0.4) is 0 Å². The van der Waals surface area contributed by atoms with Crippen LogP contribution in [0.4, 0.5) is 0 Å². The number of aryl methyl sites for hydroxylation is 1. The number of para-hydroxylation sites is 1. The normalized spacial score (nSPS) is 10.7. The third-order valence-corrected chi connectivity index (χ3v) is 3.07. The van der Waals surface area contributed by atoms with E-state index in [1.54, 1.807) is 0 Å². The zero-order valence-electron chi connectivity index (χ0n) is 10.6. The first-order valence-corrected chi connectivity index (χ1v) is 6.63. The van der Waals surface area contributed by atoms with Gasteiger partial charge in [-0.1, -0.05) is 26.0 Å². The first-order chi connectivity index (χ1) is 8.56. The van der Waals surface area contributed by atoms with E-state index in [4.69, 9.17) is 4.74 Å². The van der Waals surface area contributed by atoms with Crippen LogP contribution < -0.4 is 4.74 Å². The smallest absolute Gasteiger partial charge is 0.222 e. The average Bonchev–Trinajstić information content (AvgIpc) is 2.31. The highest BCUT2D eigenvalue weighted by molar-refractivity contribution is 9.10. The molecule has 0 saturated heterocycles. The van der Waals surface area contributed by atoms with Crippen LogP contribution in [-0.2, 0) is 0 Å². The minimum absolute atomic E-state index is 0.284. The first-order valence-electron chi connectivity index (χ1n) is 5.84. The van der Waals surface area contributed by atoms with Crippen LogP contribution in [0.15, 0.2) is 34.8 Å². The Kier molecular flexibility index (Phi) is 3.97.